The molecule has 0 amide bonds. The Hall–Kier alpha value is -0.840. The van der Waals surface area contributed by atoms with Crippen LogP contribution in [0.5, 0.6) is 0 Å². The SMILES string of the molecule is CC(C)SCc1noc(CC(=O)C2CCCC2)n1. The second kappa shape index (κ2) is 6.36. The van der Waals surface area contributed by atoms with Crippen molar-refractivity contribution in [2.24, 2.45) is 5.92 Å². The van der Waals surface area contributed by atoms with Gasteiger partial charge in [-0.25, -0.2) is 0 Å². The van der Waals surface area contributed by atoms with Gasteiger partial charge in [0.15, 0.2) is 5.82 Å². The van der Waals surface area contributed by atoms with Crippen molar-refractivity contribution in [1.29, 1.82) is 0 Å². The van der Waals surface area contributed by atoms with Gasteiger partial charge in [-0.15, -0.1) is 0 Å². The van der Waals surface area contributed by atoms with Crippen LogP contribution >= 0.6 is 11.8 Å². The molecule has 1 aliphatic rings. The molecular weight excluding hydrogens is 248 g/mol. The number of nitrogens with zero attached hydrogens (tertiary/aromatic N) is 2. The number of Topliss-reactive ketones (excluding diaryl/α,β-unsaturated/α-hetero) is 1. The van der Waals surface area contributed by atoms with E-state index in [-0.39, 0.29) is 11.7 Å². The maximum absolute atomic E-state index is 12.0. The molecule has 100 valence electrons. The fourth-order valence-electron chi connectivity index (χ4n) is 2.20. The highest BCUT2D eigenvalue weighted by Gasteiger charge is 2.24. The number of hydrogen-bond acceptors (Lipinski definition) is 5. The van der Waals surface area contributed by atoms with Gasteiger partial charge in [0.1, 0.15) is 5.78 Å². The van der Waals surface area contributed by atoms with Crippen LogP contribution in [0, 0.1) is 5.92 Å². The molecule has 0 aliphatic heterocycles. The second-order valence-corrected chi connectivity index (χ2v) is 6.65. The van der Waals surface area contributed by atoms with E-state index in [4.69, 9.17) is 4.52 Å². The van der Waals surface area contributed by atoms with Crippen molar-refractivity contribution in [2.45, 2.75) is 57.0 Å². The molecule has 0 unspecified atom stereocenters. The van der Waals surface area contributed by atoms with Crippen LogP contribution in [-0.2, 0) is 17.0 Å². The van der Waals surface area contributed by atoms with Crippen LogP contribution in [0.25, 0.3) is 0 Å². The van der Waals surface area contributed by atoms with Crippen molar-refractivity contribution >= 4 is 17.5 Å². The Morgan fingerprint density at radius 3 is 2.83 bits per heavy atom. The normalized spacial score (nSPS) is 16.6. The summed E-state index contributed by atoms with van der Waals surface area (Å²) in [5.41, 5.74) is 0. The van der Waals surface area contributed by atoms with Gasteiger partial charge in [0.25, 0.3) is 0 Å². The van der Waals surface area contributed by atoms with E-state index >= 15 is 0 Å². The lowest BCUT2D eigenvalue weighted by Crippen LogP contribution is -2.13. The summed E-state index contributed by atoms with van der Waals surface area (Å²) in [5.74, 6) is 2.41. The van der Waals surface area contributed by atoms with E-state index in [0.29, 0.717) is 23.4 Å². The molecular formula is C13H20N2O2S. The average molecular weight is 268 g/mol. The highest BCUT2D eigenvalue weighted by molar-refractivity contribution is 7.99. The topological polar surface area (TPSA) is 56.0 Å². The second-order valence-electron chi connectivity index (χ2n) is 5.09. The minimum absolute atomic E-state index is 0.227. The maximum atomic E-state index is 12.0. The molecule has 0 spiro atoms. The molecule has 4 nitrogen and oxygen atoms in total. The molecule has 5 heteroatoms. The maximum Gasteiger partial charge on any atom is 0.234 e. The summed E-state index contributed by atoms with van der Waals surface area (Å²) in [6.45, 7) is 4.27. The van der Waals surface area contributed by atoms with Gasteiger partial charge in [-0.3, -0.25) is 4.79 Å². The zero-order valence-corrected chi connectivity index (χ0v) is 11.8. The van der Waals surface area contributed by atoms with E-state index in [1.54, 1.807) is 11.8 Å². The van der Waals surface area contributed by atoms with Crippen LogP contribution in [0.15, 0.2) is 4.52 Å². The highest BCUT2D eigenvalue weighted by Crippen LogP contribution is 2.26. The first-order valence-electron chi connectivity index (χ1n) is 6.61. The predicted molar refractivity (Wildman–Crippen MR) is 71.4 cm³/mol. The number of hydrogen-bond donors (Lipinski definition) is 0. The third kappa shape index (κ3) is 3.83. The molecule has 0 radical (unpaired) electrons. The van der Waals surface area contributed by atoms with E-state index in [0.717, 1.165) is 18.6 Å². The predicted octanol–water partition coefficient (Wildman–Crippen LogP) is 3.01. The quantitative estimate of drug-likeness (QED) is 0.793. The highest BCUT2D eigenvalue weighted by atomic mass is 32.2. The van der Waals surface area contributed by atoms with E-state index in [2.05, 4.69) is 24.0 Å². The number of rotatable bonds is 6. The Kier molecular flexibility index (Phi) is 4.80. The van der Waals surface area contributed by atoms with Crippen LogP contribution in [0.4, 0.5) is 0 Å². The fourth-order valence-corrected chi connectivity index (χ4v) is 2.80. The summed E-state index contributed by atoms with van der Waals surface area (Å²) in [6.07, 6.45) is 4.73. The van der Waals surface area contributed by atoms with E-state index in [1.807, 2.05) is 0 Å². The summed E-state index contributed by atoms with van der Waals surface area (Å²) >= 11 is 1.77. The van der Waals surface area contributed by atoms with Crippen LogP contribution in [0.1, 0.15) is 51.2 Å². The number of aromatic nitrogens is 2. The van der Waals surface area contributed by atoms with Crippen LogP contribution < -0.4 is 0 Å². The standard InChI is InChI=1S/C13H20N2O2S/c1-9(2)18-8-12-14-13(17-15-12)7-11(16)10-5-3-4-6-10/h9-10H,3-8H2,1-2H3. The van der Waals surface area contributed by atoms with Gasteiger partial charge in [0.2, 0.25) is 5.89 Å². The lowest BCUT2D eigenvalue weighted by atomic mass is 10.0. The minimum atomic E-state index is 0.227. The van der Waals surface area contributed by atoms with Crippen molar-refractivity contribution < 1.29 is 9.32 Å². The lowest BCUT2D eigenvalue weighted by Gasteiger charge is -2.04. The Morgan fingerprint density at radius 2 is 2.17 bits per heavy atom. The van der Waals surface area contributed by atoms with Gasteiger partial charge in [0, 0.05) is 5.92 Å². The van der Waals surface area contributed by atoms with Gasteiger partial charge in [0.05, 0.1) is 12.2 Å². The van der Waals surface area contributed by atoms with Crippen LogP contribution in [-0.4, -0.2) is 21.2 Å². The molecule has 1 heterocycles. The summed E-state index contributed by atoms with van der Waals surface area (Å²) < 4.78 is 5.13. The molecule has 18 heavy (non-hydrogen) atoms. The molecule has 0 saturated heterocycles. The Morgan fingerprint density at radius 1 is 1.44 bits per heavy atom. The van der Waals surface area contributed by atoms with Crippen LogP contribution in [0.3, 0.4) is 0 Å². The number of ketones is 1. The molecule has 0 bridgehead atoms. The first-order valence-corrected chi connectivity index (χ1v) is 7.66. The molecule has 1 aromatic rings. The zero-order valence-electron chi connectivity index (χ0n) is 11.0. The molecule has 1 fully saturated rings. The number of carbonyl (C=O) groups excluding carboxylic acids is 1. The lowest BCUT2D eigenvalue weighted by molar-refractivity contribution is -0.122. The average Bonchev–Trinajstić information content (AvgIpc) is 2.97. The summed E-state index contributed by atoms with van der Waals surface area (Å²) in [4.78, 5) is 16.2. The third-order valence-corrected chi connectivity index (χ3v) is 4.28. The Bertz CT molecular complexity index is 397. The van der Waals surface area contributed by atoms with E-state index in [9.17, 15) is 4.79 Å². The smallest absolute Gasteiger partial charge is 0.234 e. The zero-order chi connectivity index (χ0) is 13.0. The van der Waals surface area contributed by atoms with E-state index < -0.39 is 0 Å². The van der Waals surface area contributed by atoms with Gasteiger partial charge < -0.3 is 4.52 Å². The van der Waals surface area contributed by atoms with Crippen molar-refractivity contribution in [1.82, 2.24) is 10.1 Å². The van der Waals surface area contributed by atoms with Gasteiger partial charge in [-0.05, 0) is 18.1 Å². The molecule has 2 rings (SSSR count). The van der Waals surface area contributed by atoms with E-state index in [1.165, 1.54) is 12.8 Å². The summed E-state index contributed by atoms with van der Waals surface area (Å²) in [6, 6.07) is 0. The molecule has 1 aliphatic carbocycles. The molecule has 1 aromatic heterocycles. The first kappa shape index (κ1) is 13.6. The molecule has 1 saturated carbocycles. The first-order chi connectivity index (χ1) is 8.65. The monoisotopic (exact) mass is 268 g/mol. The summed E-state index contributed by atoms with van der Waals surface area (Å²) in [5, 5.41) is 4.46. The third-order valence-electron chi connectivity index (χ3n) is 3.19. The van der Waals surface area contributed by atoms with Gasteiger partial charge in [-0.2, -0.15) is 16.7 Å². The Labute approximate surface area is 112 Å². The van der Waals surface area contributed by atoms with Crippen LogP contribution in [0.2, 0.25) is 0 Å². The number of carbonyl (C=O) groups is 1. The Balaban J connectivity index is 1.84. The minimum Gasteiger partial charge on any atom is -0.339 e. The largest absolute Gasteiger partial charge is 0.339 e. The van der Waals surface area contributed by atoms with Crippen molar-refractivity contribution in [3.05, 3.63) is 11.7 Å². The molecule has 0 atom stereocenters. The van der Waals surface area contributed by atoms with Gasteiger partial charge in [-0.1, -0.05) is 31.8 Å². The van der Waals surface area contributed by atoms with Crippen molar-refractivity contribution in [3.63, 3.8) is 0 Å². The van der Waals surface area contributed by atoms with Gasteiger partial charge >= 0.3 is 0 Å². The number of thioether (sulfide) groups is 1. The molecule has 0 N–H and O–H groups in total. The van der Waals surface area contributed by atoms with Crippen molar-refractivity contribution in [2.75, 3.05) is 0 Å². The molecule has 0 aromatic carbocycles. The summed E-state index contributed by atoms with van der Waals surface area (Å²) in [7, 11) is 0. The van der Waals surface area contributed by atoms with Crippen molar-refractivity contribution in [3.8, 4) is 0 Å². The fraction of sp³-hybridized carbons (Fsp3) is 0.769.